The van der Waals surface area contributed by atoms with Gasteiger partial charge in [0.25, 0.3) is 5.91 Å². The van der Waals surface area contributed by atoms with Crippen LogP contribution >= 0.6 is 0 Å². The molecule has 1 aliphatic heterocycles. The minimum absolute atomic E-state index is 0.0483. The topological polar surface area (TPSA) is 50.4 Å². The van der Waals surface area contributed by atoms with Crippen LogP contribution < -0.4 is 10.6 Å². The molecule has 1 amide bonds. The van der Waals surface area contributed by atoms with E-state index in [0.717, 1.165) is 13.0 Å². The fraction of sp³-hybridized carbons (Fsp3) is 0.917. The van der Waals surface area contributed by atoms with E-state index in [4.69, 9.17) is 4.74 Å². The zero-order valence-electron chi connectivity index (χ0n) is 10.2. The average molecular weight is 226 g/mol. The Labute approximate surface area is 97.1 Å². The normalized spacial score (nSPS) is 33.6. The quantitative estimate of drug-likeness (QED) is 0.727. The van der Waals surface area contributed by atoms with Gasteiger partial charge >= 0.3 is 0 Å². The maximum Gasteiger partial charge on any atom is 0.250 e. The molecule has 92 valence electrons. The molecule has 0 aromatic heterocycles. The van der Waals surface area contributed by atoms with Crippen molar-refractivity contribution in [3.8, 4) is 0 Å². The van der Waals surface area contributed by atoms with Crippen molar-refractivity contribution in [2.24, 2.45) is 5.41 Å². The first-order chi connectivity index (χ1) is 7.59. The first kappa shape index (κ1) is 11.9. The van der Waals surface area contributed by atoms with Crippen LogP contribution in [0.3, 0.4) is 0 Å². The maximum atomic E-state index is 12.0. The summed E-state index contributed by atoms with van der Waals surface area (Å²) in [7, 11) is 0. The fourth-order valence-corrected chi connectivity index (χ4v) is 2.59. The minimum Gasteiger partial charge on any atom is -0.366 e. The van der Waals surface area contributed by atoms with E-state index in [9.17, 15) is 4.79 Å². The number of amides is 1. The minimum atomic E-state index is -0.301. The Hall–Kier alpha value is -0.610. The molecule has 16 heavy (non-hydrogen) atoms. The molecule has 1 heterocycles. The van der Waals surface area contributed by atoms with Crippen LogP contribution in [0.4, 0.5) is 0 Å². The summed E-state index contributed by atoms with van der Waals surface area (Å²) in [5.41, 5.74) is 0.234. The number of hydrogen-bond acceptors (Lipinski definition) is 3. The monoisotopic (exact) mass is 226 g/mol. The van der Waals surface area contributed by atoms with Crippen molar-refractivity contribution in [2.45, 2.75) is 45.3 Å². The molecule has 2 unspecified atom stereocenters. The first-order valence-electron chi connectivity index (χ1n) is 6.22. The van der Waals surface area contributed by atoms with Crippen molar-refractivity contribution in [2.75, 3.05) is 19.7 Å². The van der Waals surface area contributed by atoms with E-state index in [1.165, 1.54) is 12.8 Å². The van der Waals surface area contributed by atoms with Crippen molar-refractivity contribution in [1.82, 2.24) is 10.6 Å². The number of carbonyl (C=O) groups excluding carboxylic acids is 1. The molecule has 2 fully saturated rings. The van der Waals surface area contributed by atoms with E-state index < -0.39 is 0 Å². The van der Waals surface area contributed by atoms with Gasteiger partial charge in [0.15, 0.2) is 0 Å². The van der Waals surface area contributed by atoms with Crippen molar-refractivity contribution < 1.29 is 9.53 Å². The molecule has 1 aliphatic carbocycles. The lowest BCUT2D eigenvalue weighted by atomic mass is 9.87. The number of morpholine rings is 1. The number of nitrogens with one attached hydrogen (secondary N) is 2. The van der Waals surface area contributed by atoms with Gasteiger partial charge in [-0.3, -0.25) is 4.79 Å². The zero-order chi connectivity index (χ0) is 11.6. The summed E-state index contributed by atoms with van der Waals surface area (Å²) in [5, 5.41) is 6.31. The van der Waals surface area contributed by atoms with E-state index in [2.05, 4.69) is 24.5 Å². The van der Waals surface area contributed by atoms with Gasteiger partial charge in [0, 0.05) is 19.1 Å². The SMILES string of the molecule is CC1(C)CCCC1NC(=O)C1CNCCO1. The number of carbonyl (C=O) groups is 1. The predicted octanol–water partition coefficient (Wildman–Crippen LogP) is 0.670. The molecule has 1 saturated carbocycles. The van der Waals surface area contributed by atoms with E-state index >= 15 is 0 Å². The Morgan fingerprint density at radius 2 is 2.31 bits per heavy atom. The van der Waals surface area contributed by atoms with Gasteiger partial charge in [0.1, 0.15) is 6.10 Å². The highest BCUT2D eigenvalue weighted by atomic mass is 16.5. The molecule has 0 aromatic rings. The van der Waals surface area contributed by atoms with Crippen molar-refractivity contribution in [3.63, 3.8) is 0 Å². The molecule has 2 aliphatic rings. The van der Waals surface area contributed by atoms with Gasteiger partial charge in [-0.1, -0.05) is 20.3 Å². The molecule has 2 N–H and O–H groups in total. The highest BCUT2D eigenvalue weighted by molar-refractivity contribution is 5.81. The van der Waals surface area contributed by atoms with Crippen LogP contribution in [0.5, 0.6) is 0 Å². The molecule has 0 spiro atoms. The Morgan fingerprint density at radius 3 is 2.88 bits per heavy atom. The second-order valence-electron chi connectivity index (χ2n) is 5.51. The molecular weight excluding hydrogens is 204 g/mol. The van der Waals surface area contributed by atoms with Crippen LogP contribution in [0.25, 0.3) is 0 Å². The fourth-order valence-electron chi connectivity index (χ4n) is 2.59. The summed E-state index contributed by atoms with van der Waals surface area (Å²) in [5.74, 6) is 0.0483. The van der Waals surface area contributed by atoms with Crippen LogP contribution in [-0.4, -0.2) is 37.7 Å². The molecule has 1 saturated heterocycles. The largest absolute Gasteiger partial charge is 0.366 e. The van der Waals surface area contributed by atoms with Gasteiger partial charge in [-0.2, -0.15) is 0 Å². The van der Waals surface area contributed by atoms with E-state index in [0.29, 0.717) is 19.2 Å². The first-order valence-corrected chi connectivity index (χ1v) is 6.22. The Kier molecular flexibility index (Phi) is 3.50. The van der Waals surface area contributed by atoms with Gasteiger partial charge in [0.2, 0.25) is 0 Å². The van der Waals surface area contributed by atoms with E-state index in [-0.39, 0.29) is 17.4 Å². The summed E-state index contributed by atoms with van der Waals surface area (Å²) in [6, 6.07) is 0.311. The molecule has 4 nitrogen and oxygen atoms in total. The Morgan fingerprint density at radius 1 is 1.50 bits per heavy atom. The van der Waals surface area contributed by atoms with Crippen LogP contribution in [0, 0.1) is 5.41 Å². The summed E-state index contributed by atoms with van der Waals surface area (Å²) in [6.45, 7) is 6.57. The third-order valence-corrected chi connectivity index (χ3v) is 3.79. The second kappa shape index (κ2) is 4.72. The Balaban J connectivity index is 1.86. The van der Waals surface area contributed by atoms with Crippen molar-refractivity contribution in [3.05, 3.63) is 0 Å². The number of hydrogen-bond donors (Lipinski definition) is 2. The van der Waals surface area contributed by atoms with Crippen LogP contribution in [0.2, 0.25) is 0 Å². The third kappa shape index (κ3) is 2.55. The summed E-state index contributed by atoms with van der Waals surface area (Å²) in [4.78, 5) is 12.0. The molecular formula is C12H22N2O2. The van der Waals surface area contributed by atoms with Crippen LogP contribution in [0.15, 0.2) is 0 Å². The van der Waals surface area contributed by atoms with Gasteiger partial charge in [-0.15, -0.1) is 0 Å². The lowest BCUT2D eigenvalue weighted by molar-refractivity contribution is -0.135. The van der Waals surface area contributed by atoms with Crippen molar-refractivity contribution in [1.29, 1.82) is 0 Å². The smallest absolute Gasteiger partial charge is 0.250 e. The molecule has 2 atom stereocenters. The summed E-state index contributed by atoms with van der Waals surface area (Å²) in [6.07, 6.45) is 3.20. The van der Waals surface area contributed by atoms with Crippen LogP contribution in [-0.2, 0) is 9.53 Å². The summed E-state index contributed by atoms with van der Waals surface area (Å²) < 4.78 is 5.44. The standard InChI is InChI=1S/C12H22N2O2/c1-12(2)5-3-4-10(12)14-11(15)9-8-13-6-7-16-9/h9-10,13H,3-8H2,1-2H3,(H,14,15). The van der Waals surface area contributed by atoms with Gasteiger partial charge in [-0.25, -0.2) is 0 Å². The zero-order valence-corrected chi connectivity index (χ0v) is 10.2. The molecule has 0 bridgehead atoms. The molecule has 0 radical (unpaired) electrons. The van der Waals surface area contributed by atoms with Gasteiger partial charge in [0.05, 0.1) is 6.61 Å². The van der Waals surface area contributed by atoms with Crippen molar-refractivity contribution >= 4 is 5.91 Å². The van der Waals surface area contributed by atoms with Crippen LogP contribution in [0.1, 0.15) is 33.1 Å². The second-order valence-corrected chi connectivity index (χ2v) is 5.51. The molecule has 0 aromatic carbocycles. The molecule has 2 rings (SSSR count). The number of ether oxygens (including phenoxy) is 1. The van der Waals surface area contributed by atoms with E-state index in [1.54, 1.807) is 0 Å². The highest BCUT2D eigenvalue weighted by Crippen LogP contribution is 2.37. The highest BCUT2D eigenvalue weighted by Gasteiger charge is 2.36. The lowest BCUT2D eigenvalue weighted by Crippen LogP contribution is -2.52. The van der Waals surface area contributed by atoms with E-state index in [1.807, 2.05) is 0 Å². The number of rotatable bonds is 2. The maximum absolute atomic E-state index is 12.0. The average Bonchev–Trinajstić information content (AvgIpc) is 2.59. The third-order valence-electron chi connectivity index (χ3n) is 3.79. The molecule has 4 heteroatoms. The van der Waals surface area contributed by atoms with Gasteiger partial charge < -0.3 is 15.4 Å². The van der Waals surface area contributed by atoms with Gasteiger partial charge in [-0.05, 0) is 18.3 Å². The Bertz CT molecular complexity index is 260. The summed E-state index contributed by atoms with van der Waals surface area (Å²) >= 11 is 0. The lowest BCUT2D eigenvalue weighted by Gasteiger charge is -2.30. The predicted molar refractivity (Wildman–Crippen MR) is 62.2 cm³/mol.